The van der Waals surface area contributed by atoms with Crippen molar-refractivity contribution >= 4 is 24.8 Å². The topological polar surface area (TPSA) is 51.3 Å². The Hall–Kier alpha value is -1.04. The van der Waals surface area contributed by atoms with Gasteiger partial charge >= 0.3 is 7.12 Å². The van der Waals surface area contributed by atoms with Crippen LogP contribution < -0.4 is 5.56 Å². The quantitative estimate of drug-likeness (QED) is 0.670. The summed E-state index contributed by atoms with van der Waals surface area (Å²) in [6.07, 6.45) is 1.77. The van der Waals surface area contributed by atoms with Crippen LogP contribution in [0.4, 0.5) is 0 Å². The molecular formula is C13H17BClNO3. The summed E-state index contributed by atoms with van der Waals surface area (Å²) in [6.45, 7) is 7.96. The summed E-state index contributed by atoms with van der Waals surface area (Å²) >= 11 is 5.78. The molecule has 0 atom stereocenters. The molecule has 1 aromatic heterocycles. The molecule has 0 amide bonds. The van der Waals surface area contributed by atoms with E-state index in [2.05, 4.69) is 4.98 Å². The smallest absolute Gasteiger partial charge is 0.400 e. The maximum atomic E-state index is 11.3. The number of nitrogens with one attached hydrogen (secondary N) is 1. The molecule has 0 saturated carbocycles. The summed E-state index contributed by atoms with van der Waals surface area (Å²) in [5, 5.41) is 0.307. The standard InChI is InChI=1S/C13H17BClNO3/c1-12(2)13(3,4)19-14(18-12)6-5-9-7-10(15)16-11(17)8-9/h5-8H,1-4H3,(H,16,17)/b6-5+. The lowest BCUT2D eigenvalue weighted by molar-refractivity contribution is 0.00578. The number of hydrogen-bond acceptors (Lipinski definition) is 3. The van der Waals surface area contributed by atoms with Gasteiger partial charge in [-0.15, -0.1) is 0 Å². The molecule has 102 valence electrons. The van der Waals surface area contributed by atoms with Crippen LogP contribution in [0.15, 0.2) is 22.9 Å². The lowest BCUT2D eigenvalue weighted by Crippen LogP contribution is -2.41. The van der Waals surface area contributed by atoms with Gasteiger partial charge in [0.15, 0.2) is 0 Å². The zero-order valence-corrected chi connectivity index (χ0v) is 12.2. The zero-order chi connectivity index (χ0) is 14.3. The van der Waals surface area contributed by atoms with Gasteiger partial charge in [0.2, 0.25) is 5.56 Å². The van der Waals surface area contributed by atoms with E-state index in [1.807, 2.05) is 27.7 Å². The lowest BCUT2D eigenvalue weighted by Gasteiger charge is -2.32. The summed E-state index contributed by atoms with van der Waals surface area (Å²) in [5.41, 5.74) is -0.258. The van der Waals surface area contributed by atoms with Gasteiger partial charge in [-0.2, -0.15) is 0 Å². The third-order valence-electron chi connectivity index (χ3n) is 3.55. The lowest BCUT2D eigenvalue weighted by atomic mass is 9.89. The van der Waals surface area contributed by atoms with Crippen LogP contribution in [-0.2, 0) is 9.31 Å². The minimum atomic E-state index is -0.428. The van der Waals surface area contributed by atoms with Crippen molar-refractivity contribution in [3.63, 3.8) is 0 Å². The van der Waals surface area contributed by atoms with Gasteiger partial charge in [-0.3, -0.25) is 4.79 Å². The van der Waals surface area contributed by atoms with Crippen molar-refractivity contribution in [2.45, 2.75) is 38.9 Å². The molecule has 1 aliphatic rings. The molecule has 6 heteroatoms. The van der Waals surface area contributed by atoms with E-state index in [1.165, 1.54) is 6.07 Å². The van der Waals surface area contributed by atoms with Crippen molar-refractivity contribution in [3.8, 4) is 0 Å². The van der Waals surface area contributed by atoms with Crippen molar-refractivity contribution in [2.24, 2.45) is 0 Å². The Balaban J connectivity index is 2.15. The molecule has 0 radical (unpaired) electrons. The highest BCUT2D eigenvalue weighted by molar-refractivity contribution is 6.52. The SMILES string of the molecule is CC1(C)OB(/C=C/c2cc(Cl)[nH]c(=O)c2)OC1(C)C. The fourth-order valence-electron chi connectivity index (χ4n) is 1.78. The molecule has 0 unspecified atom stereocenters. The largest absolute Gasteiger partial charge is 0.487 e. The van der Waals surface area contributed by atoms with Crippen molar-refractivity contribution in [1.82, 2.24) is 4.98 Å². The van der Waals surface area contributed by atoms with Crippen LogP contribution in [0, 0.1) is 0 Å². The highest BCUT2D eigenvalue weighted by Crippen LogP contribution is 2.36. The van der Waals surface area contributed by atoms with Crippen LogP contribution in [0.3, 0.4) is 0 Å². The first-order valence-electron chi connectivity index (χ1n) is 6.13. The highest BCUT2D eigenvalue weighted by atomic mass is 35.5. The Morgan fingerprint density at radius 2 is 1.79 bits per heavy atom. The number of aromatic amines is 1. The van der Waals surface area contributed by atoms with E-state index in [4.69, 9.17) is 20.9 Å². The van der Waals surface area contributed by atoms with Gasteiger partial charge in [0.25, 0.3) is 0 Å². The molecule has 1 aromatic rings. The summed E-state index contributed by atoms with van der Waals surface area (Å²) in [7, 11) is -0.428. The van der Waals surface area contributed by atoms with E-state index in [9.17, 15) is 4.79 Å². The normalized spacial score (nSPS) is 21.2. The van der Waals surface area contributed by atoms with Crippen LogP contribution in [-0.4, -0.2) is 23.3 Å². The van der Waals surface area contributed by atoms with E-state index in [1.54, 1.807) is 18.1 Å². The van der Waals surface area contributed by atoms with Crippen LogP contribution in [0.5, 0.6) is 0 Å². The average molecular weight is 282 g/mol. The van der Waals surface area contributed by atoms with Gasteiger partial charge < -0.3 is 14.3 Å². The minimum absolute atomic E-state index is 0.235. The first-order chi connectivity index (χ1) is 8.69. The second-order valence-corrected chi connectivity index (χ2v) is 6.02. The molecule has 0 aromatic carbocycles. The van der Waals surface area contributed by atoms with Crippen molar-refractivity contribution < 1.29 is 9.31 Å². The average Bonchev–Trinajstić information content (AvgIpc) is 2.43. The fourth-order valence-corrected chi connectivity index (χ4v) is 2.00. The van der Waals surface area contributed by atoms with Crippen LogP contribution in [0.25, 0.3) is 6.08 Å². The molecule has 19 heavy (non-hydrogen) atoms. The molecule has 1 saturated heterocycles. The van der Waals surface area contributed by atoms with E-state index in [0.717, 1.165) is 0 Å². The summed E-state index contributed by atoms with van der Waals surface area (Å²) in [6, 6.07) is 3.14. The van der Waals surface area contributed by atoms with Gasteiger partial charge in [-0.1, -0.05) is 23.7 Å². The van der Waals surface area contributed by atoms with Crippen LogP contribution in [0.1, 0.15) is 33.3 Å². The van der Waals surface area contributed by atoms with Gasteiger partial charge in [0, 0.05) is 6.07 Å². The van der Waals surface area contributed by atoms with Crippen molar-refractivity contribution in [3.05, 3.63) is 39.2 Å². The molecule has 1 fully saturated rings. The number of hydrogen-bond donors (Lipinski definition) is 1. The molecule has 1 aliphatic heterocycles. The summed E-state index contributed by atoms with van der Waals surface area (Å²) < 4.78 is 11.6. The Labute approximate surface area is 117 Å². The van der Waals surface area contributed by atoms with Crippen LogP contribution in [0.2, 0.25) is 5.15 Å². The fraction of sp³-hybridized carbons (Fsp3) is 0.462. The second kappa shape index (κ2) is 4.82. The van der Waals surface area contributed by atoms with Crippen molar-refractivity contribution in [1.29, 1.82) is 0 Å². The Morgan fingerprint density at radius 3 is 2.32 bits per heavy atom. The first kappa shape index (κ1) is 14.4. The van der Waals surface area contributed by atoms with Gasteiger partial charge in [0.05, 0.1) is 11.2 Å². The maximum absolute atomic E-state index is 11.3. The van der Waals surface area contributed by atoms with Crippen molar-refractivity contribution in [2.75, 3.05) is 0 Å². The first-order valence-corrected chi connectivity index (χ1v) is 6.51. The van der Waals surface area contributed by atoms with E-state index >= 15 is 0 Å². The monoisotopic (exact) mass is 281 g/mol. The second-order valence-electron chi connectivity index (χ2n) is 5.61. The molecular weight excluding hydrogens is 264 g/mol. The molecule has 0 spiro atoms. The third kappa shape index (κ3) is 3.11. The third-order valence-corrected chi connectivity index (χ3v) is 3.75. The van der Waals surface area contributed by atoms with Gasteiger partial charge in [-0.05, 0) is 39.3 Å². The predicted octanol–water partition coefficient (Wildman–Crippen LogP) is 2.67. The Kier molecular flexibility index (Phi) is 3.64. The molecule has 1 N–H and O–H groups in total. The minimum Gasteiger partial charge on any atom is -0.400 e. The predicted molar refractivity (Wildman–Crippen MR) is 77.2 cm³/mol. The van der Waals surface area contributed by atoms with Gasteiger partial charge in [0.1, 0.15) is 5.15 Å². The van der Waals surface area contributed by atoms with Gasteiger partial charge in [-0.25, -0.2) is 0 Å². The maximum Gasteiger partial charge on any atom is 0.487 e. The molecule has 2 heterocycles. The summed E-state index contributed by atoms with van der Waals surface area (Å²) in [5.74, 6) is 1.78. The highest BCUT2D eigenvalue weighted by Gasteiger charge is 2.49. The van der Waals surface area contributed by atoms with E-state index in [0.29, 0.717) is 10.7 Å². The molecule has 0 bridgehead atoms. The molecule has 2 rings (SSSR count). The van der Waals surface area contributed by atoms with E-state index < -0.39 is 7.12 Å². The van der Waals surface area contributed by atoms with E-state index in [-0.39, 0.29) is 16.8 Å². The number of rotatable bonds is 2. The Bertz CT molecular complexity index is 549. The Morgan fingerprint density at radius 1 is 1.21 bits per heavy atom. The number of H-pyrrole nitrogens is 1. The molecule has 4 nitrogen and oxygen atoms in total. The number of aromatic nitrogens is 1. The summed E-state index contributed by atoms with van der Waals surface area (Å²) in [4.78, 5) is 13.8. The number of halogens is 1. The van der Waals surface area contributed by atoms with Crippen LogP contribution >= 0.6 is 11.6 Å². The zero-order valence-electron chi connectivity index (χ0n) is 11.5. The number of pyridine rings is 1. The molecule has 0 aliphatic carbocycles.